The monoisotopic (exact) mass is 265 g/mol. The van der Waals surface area contributed by atoms with Crippen molar-refractivity contribution >= 4 is 11.9 Å². The molecular weight excluding hydrogens is 234 g/mol. The van der Waals surface area contributed by atoms with Crippen molar-refractivity contribution in [2.45, 2.75) is 60.4 Å². The van der Waals surface area contributed by atoms with Gasteiger partial charge in [-0.05, 0) is 6.42 Å². The van der Waals surface area contributed by atoms with Crippen LogP contribution in [0.5, 0.6) is 0 Å². The number of methoxy groups -OCH3 is 2. The molecule has 0 aliphatic heterocycles. The average Bonchev–Trinajstić information content (AvgIpc) is 2.49. The summed E-state index contributed by atoms with van der Waals surface area (Å²) >= 11 is 0. The predicted octanol–water partition coefficient (Wildman–Crippen LogP) is 2.52. The summed E-state index contributed by atoms with van der Waals surface area (Å²) in [6, 6.07) is -0.742. The molecule has 0 spiro atoms. The lowest BCUT2D eigenvalue weighted by Gasteiger charge is -2.07. The minimum atomic E-state index is -0.742. The molecule has 0 aliphatic rings. The van der Waals surface area contributed by atoms with Crippen LogP contribution in [0.3, 0.4) is 0 Å². The van der Waals surface area contributed by atoms with Crippen LogP contribution in [0.2, 0.25) is 0 Å². The first kappa shape index (κ1) is 25.7. The Morgan fingerprint density at radius 3 is 1.61 bits per heavy atom. The van der Waals surface area contributed by atoms with Gasteiger partial charge in [0, 0.05) is 6.42 Å². The lowest BCUT2D eigenvalue weighted by Crippen LogP contribution is -2.32. The smallest absolute Gasteiger partial charge is 0.322 e. The first-order valence-corrected chi connectivity index (χ1v) is 6.52. The summed E-state index contributed by atoms with van der Waals surface area (Å²) in [5.41, 5.74) is 5.35. The van der Waals surface area contributed by atoms with Gasteiger partial charge in [-0.1, -0.05) is 41.5 Å². The number of esters is 2. The normalized spacial score (nSPS) is 8.94. The molecule has 0 aliphatic carbocycles. The number of nitrogens with two attached hydrogens (primary N) is 1. The highest BCUT2D eigenvalue weighted by molar-refractivity contribution is 5.76. The van der Waals surface area contributed by atoms with E-state index in [1.165, 1.54) is 14.2 Å². The number of hydrogen-bond donors (Lipinski definition) is 1. The second-order valence-corrected chi connectivity index (χ2v) is 2.24. The van der Waals surface area contributed by atoms with Crippen LogP contribution in [0.4, 0.5) is 0 Å². The zero-order chi connectivity index (χ0) is 15.6. The summed E-state index contributed by atoms with van der Waals surface area (Å²) in [5, 5.41) is 0. The summed E-state index contributed by atoms with van der Waals surface area (Å²) in [6.45, 7) is 12.0. The van der Waals surface area contributed by atoms with Crippen LogP contribution in [-0.4, -0.2) is 32.2 Å². The molecule has 0 aromatic heterocycles. The fourth-order valence-electron chi connectivity index (χ4n) is 0.645. The van der Waals surface area contributed by atoms with Crippen LogP contribution in [0.15, 0.2) is 0 Å². The third kappa shape index (κ3) is 20.3. The number of carbonyl (C=O) groups excluding carboxylic acids is 2. The lowest BCUT2D eigenvalue weighted by atomic mass is 10.2. The van der Waals surface area contributed by atoms with E-state index in [9.17, 15) is 9.59 Å². The van der Waals surface area contributed by atoms with Crippen LogP contribution >= 0.6 is 0 Å². The minimum Gasteiger partial charge on any atom is -0.469 e. The fraction of sp³-hybridized carbons (Fsp3) is 0.846. The quantitative estimate of drug-likeness (QED) is 0.790. The molecule has 18 heavy (non-hydrogen) atoms. The van der Waals surface area contributed by atoms with E-state index in [-0.39, 0.29) is 18.8 Å². The highest BCUT2D eigenvalue weighted by atomic mass is 16.5. The molecule has 0 saturated heterocycles. The maximum absolute atomic E-state index is 10.7. The summed E-state index contributed by atoms with van der Waals surface area (Å²) < 4.78 is 8.73. The van der Waals surface area contributed by atoms with Gasteiger partial charge < -0.3 is 15.2 Å². The van der Waals surface area contributed by atoms with E-state index in [0.717, 1.165) is 0 Å². The molecule has 0 aromatic carbocycles. The molecule has 0 rings (SSSR count). The van der Waals surface area contributed by atoms with Crippen molar-refractivity contribution in [2.75, 3.05) is 14.2 Å². The van der Waals surface area contributed by atoms with E-state index in [0.29, 0.717) is 0 Å². The summed E-state index contributed by atoms with van der Waals surface area (Å²) in [4.78, 5) is 21.3. The standard InChI is InChI=1S/C7H13NO4.3C2H6/c1-11-6(9)4-3-5(8)7(10)12-2;3*1-2/h5H,3-4,8H2,1-2H3;3*1-2H3. The Kier molecular flexibility index (Phi) is 35.6. The predicted molar refractivity (Wildman–Crippen MR) is 75.3 cm³/mol. The van der Waals surface area contributed by atoms with E-state index in [1.807, 2.05) is 41.5 Å². The summed E-state index contributed by atoms with van der Waals surface area (Å²) in [5.74, 6) is -0.895. The van der Waals surface area contributed by atoms with Gasteiger partial charge in [0.05, 0.1) is 14.2 Å². The minimum absolute atomic E-state index is 0.132. The van der Waals surface area contributed by atoms with Gasteiger partial charge in [-0.25, -0.2) is 0 Å². The van der Waals surface area contributed by atoms with E-state index in [2.05, 4.69) is 9.47 Å². The molecule has 5 nitrogen and oxygen atoms in total. The Morgan fingerprint density at radius 2 is 1.33 bits per heavy atom. The van der Waals surface area contributed by atoms with Crippen LogP contribution in [-0.2, 0) is 19.1 Å². The maximum atomic E-state index is 10.7. The molecule has 1 unspecified atom stereocenters. The Bertz CT molecular complexity index is 172. The first-order valence-electron chi connectivity index (χ1n) is 6.52. The molecular formula is C13H31NO4. The number of ether oxygens (including phenoxy) is 2. The van der Waals surface area contributed by atoms with E-state index in [4.69, 9.17) is 5.73 Å². The van der Waals surface area contributed by atoms with E-state index in [1.54, 1.807) is 0 Å². The fourth-order valence-corrected chi connectivity index (χ4v) is 0.645. The highest BCUT2D eigenvalue weighted by Crippen LogP contribution is 1.97. The zero-order valence-corrected chi connectivity index (χ0v) is 13.2. The van der Waals surface area contributed by atoms with Crippen LogP contribution < -0.4 is 5.73 Å². The van der Waals surface area contributed by atoms with Gasteiger partial charge in [-0.3, -0.25) is 9.59 Å². The number of carbonyl (C=O) groups is 2. The summed E-state index contributed by atoms with van der Waals surface area (Å²) in [6.07, 6.45) is 0.381. The van der Waals surface area contributed by atoms with E-state index >= 15 is 0 Å². The molecule has 112 valence electrons. The van der Waals surface area contributed by atoms with Gasteiger partial charge in [0.2, 0.25) is 0 Å². The van der Waals surface area contributed by atoms with Crippen molar-refractivity contribution in [2.24, 2.45) is 5.73 Å². The Hall–Kier alpha value is -1.10. The Balaban J connectivity index is -0.000000141. The van der Waals surface area contributed by atoms with Crippen molar-refractivity contribution < 1.29 is 19.1 Å². The Morgan fingerprint density at radius 1 is 0.944 bits per heavy atom. The largest absolute Gasteiger partial charge is 0.469 e. The molecule has 1 atom stereocenters. The van der Waals surface area contributed by atoms with Crippen LogP contribution in [0, 0.1) is 0 Å². The van der Waals surface area contributed by atoms with Crippen LogP contribution in [0.25, 0.3) is 0 Å². The first-order chi connectivity index (χ1) is 8.61. The molecule has 0 saturated carbocycles. The molecule has 0 radical (unpaired) electrons. The van der Waals surface area contributed by atoms with Gasteiger partial charge in [-0.2, -0.15) is 0 Å². The van der Waals surface area contributed by atoms with Gasteiger partial charge in [0.25, 0.3) is 0 Å². The number of rotatable bonds is 4. The third-order valence-corrected chi connectivity index (χ3v) is 1.39. The molecule has 0 fully saturated rings. The van der Waals surface area contributed by atoms with Gasteiger partial charge >= 0.3 is 11.9 Å². The zero-order valence-electron chi connectivity index (χ0n) is 13.2. The van der Waals surface area contributed by atoms with Crippen molar-refractivity contribution in [1.29, 1.82) is 0 Å². The van der Waals surface area contributed by atoms with Gasteiger partial charge in [0.15, 0.2) is 0 Å². The summed E-state index contributed by atoms with van der Waals surface area (Å²) in [7, 11) is 2.53. The second kappa shape index (κ2) is 24.9. The molecule has 2 N–H and O–H groups in total. The molecule has 0 bridgehead atoms. The van der Waals surface area contributed by atoms with Gasteiger partial charge in [-0.15, -0.1) is 0 Å². The highest BCUT2D eigenvalue weighted by Gasteiger charge is 2.14. The molecule has 0 heterocycles. The third-order valence-electron chi connectivity index (χ3n) is 1.39. The van der Waals surface area contributed by atoms with Crippen molar-refractivity contribution in [3.8, 4) is 0 Å². The number of hydrogen-bond acceptors (Lipinski definition) is 5. The lowest BCUT2D eigenvalue weighted by molar-refractivity contribution is -0.143. The van der Waals surface area contributed by atoms with Crippen LogP contribution in [0.1, 0.15) is 54.4 Å². The molecule has 5 heteroatoms. The molecule has 0 aromatic rings. The Labute approximate surface area is 112 Å². The van der Waals surface area contributed by atoms with Gasteiger partial charge in [0.1, 0.15) is 6.04 Å². The van der Waals surface area contributed by atoms with Crippen molar-refractivity contribution in [3.63, 3.8) is 0 Å². The van der Waals surface area contributed by atoms with Crippen molar-refractivity contribution in [1.82, 2.24) is 0 Å². The SMILES string of the molecule is CC.CC.CC.COC(=O)CCC(N)C(=O)OC. The average molecular weight is 265 g/mol. The maximum Gasteiger partial charge on any atom is 0.322 e. The second-order valence-electron chi connectivity index (χ2n) is 2.24. The topological polar surface area (TPSA) is 78.6 Å². The molecule has 0 amide bonds. The van der Waals surface area contributed by atoms with E-state index < -0.39 is 12.0 Å². The van der Waals surface area contributed by atoms with Crippen molar-refractivity contribution in [3.05, 3.63) is 0 Å².